The van der Waals surface area contributed by atoms with Crippen LogP contribution in [0, 0.1) is 0 Å². The zero-order chi connectivity index (χ0) is 11.8. The first-order valence-electron chi connectivity index (χ1n) is 5.81. The van der Waals surface area contributed by atoms with E-state index in [-0.39, 0.29) is 0 Å². The van der Waals surface area contributed by atoms with Gasteiger partial charge in [-0.2, -0.15) is 0 Å². The summed E-state index contributed by atoms with van der Waals surface area (Å²) in [5, 5.41) is 3.42. The van der Waals surface area contributed by atoms with Crippen LogP contribution >= 0.6 is 11.8 Å². The Morgan fingerprint density at radius 3 is 2.88 bits per heavy atom. The van der Waals surface area contributed by atoms with Crippen molar-refractivity contribution in [2.24, 2.45) is 0 Å². The Morgan fingerprint density at radius 1 is 1.38 bits per heavy atom. The van der Waals surface area contributed by atoms with E-state index in [4.69, 9.17) is 4.74 Å². The van der Waals surface area contributed by atoms with E-state index in [0.717, 1.165) is 19.1 Å². The van der Waals surface area contributed by atoms with E-state index in [9.17, 15) is 0 Å². The summed E-state index contributed by atoms with van der Waals surface area (Å²) in [6, 6.07) is 9.05. The molecule has 1 unspecified atom stereocenters. The Kier molecular flexibility index (Phi) is 6.53. The van der Waals surface area contributed by atoms with E-state index in [1.165, 1.54) is 10.5 Å². The van der Waals surface area contributed by atoms with Crippen LogP contribution in [0.25, 0.3) is 0 Å². The monoisotopic (exact) mass is 239 g/mol. The van der Waals surface area contributed by atoms with E-state index in [1.807, 2.05) is 6.92 Å². The van der Waals surface area contributed by atoms with Crippen LogP contribution in [0.2, 0.25) is 0 Å². The highest BCUT2D eigenvalue weighted by Crippen LogP contribution is 2.22. The van der Waals surface area contributed by atoms with E-state index in [0.29, 0.717) is 6.04 Å². The second-order valence-corrected chi connectivity index (χ2v) is 4.60. The van der Waals surface area contributed by atoms with E-state index >= 15 is 0 Å². The second-order valence-electron chi connectivity index (χ2n) is 3.61. The molecule has 3 heteroatoms. The molecule has 0 saturated carbocycles. The molecule has 1 aromatic rings. The molecule has 0 saturated heterocycles. The minimum absolute atomic E-state index is 0.414. The van der Waals surface area contributed by atoms with E-state index in [1.54, 1.807) is 11.8 Å². The normalized spacial score (nSPS) is 12.7. The molecule has 0 aromatic heterocycles. The Hall–Kier alpha value is -0.510. The van der Waals surface area contributed by atoms with Crippen molar-refractivity contribution in [1.29, 1.82) is 0 Å². The maximum absolute atomic E-state index is 5.33. The molecular weight excluding hydrogens is 218 g/mol. The van der Waals surface area contributed by atoms with Crippen molar-refractivity contribution >= 4 is 11.8 Å². The molecule has 1 N–H and O–H groups in total. The van der Waals surface area contributed by atoms with Crippen LogP contribution in [0.3, 0.4) is 0 Å². The SMILES string of the molecule is CCNC(C)c1cccc(SCOCC)c1. The molecule has 0 aliphatic heterocycles. The molecule has 0 heterocycles. The number of ether oxygens (including phenoxy) is 1. The number of nitrogens with one attached hydrogen (secondary N) is 1. The third kappa shape index (κ3) is 4.56. The summed E-state index contributed by atoms with van der Waals surface area (Å²) in [4.78, 5) is 1.27. The lowest BCUT2D eigenvalue weighted by molar-refractivity contribution is 0.199. The summed E-state index contributed by atoms with van der Waals surface area (Å²) in [5.74, 6) is 0.732. The molecule has 0 aliphatic carbocycles. The van der Waals surface area contributed by atoms with Gasteiger partial charge in [0.25, 0.3) is 0 Å². The summed E-state index contributed by atoms with van der Waals surface area (Å²) < 4.78 is 5.33. The highest BCUT2D eigenvalue weighted by molar-refractivity contribution is 7.99. The lowest BCUT2D eigenvalue weighted by Gasteiger charge is -2.13. The van der Waals surface area contributed by atoms with Gasteiger partial charge in [0.1, 0.15) is 0 Å². The van der Waals surface area contributed by atoms with Crippen molar-refractivity contribution in [3.05, 3.63) is 29.8 Å². The van der Waals surface area contributed by atoms with Crippen LogP contribution in [0.5, 0.6) is 0 Å². The lowest BCUT2D eigenvalue weighted by atomic mass is 10.1. The van der Waals surface area contributed by atoms with Crippen LogP contribution in [-0.4, -0.2) is 19.1 Å². The van der Waals surface area contributed by atoms with Crippen molar-refractivity contribution < 1.29 is 4.74 Å². The smallest absolute Gasteiger partial charge is 0.0966 e. The fourth-order valence-electron chi connectivity index (χ4n) is 1.49. The fraction of sp³-hybridized carbons (Fsp3) is 0.538. The Bertz CT molecular complexity index is 304. The summed E-state index contributed by atoms with van der Waals surface area (Å²) >= 11 is 1.74. The Labute approximate surface area is 103 Å². The molecule has 1 rings (SSSR count). The van der Waals surface area contributed by atoms with Crippen molar-refractivity contribution in [3.63, 3.8) is 0 Å². The molecule has 0 bridgehead atoms. The number of hydrogen-bond donors (Lipinski definition) is 1. The summed E-state index contributed by atoms with van der Waals surface area (Å²) in [5.41, 5.74) is 1.34. The molecule has 0 radical (unpaired) electrons. The van der Waals surface area contributed by atoms with Crippen molar-refractivity contribution in [3.8, 4) is 0 Å². The molecule has 0 spiro atoms. The molecule has 16 heavy (non-hydrogen) atoms. The van der Waals surface area contributed by atoms with Crippen LogP contribution < -0.4 is 5.32 Å². The maximum atomic E-state index is 5.33. The van der Waals surface area contributed by atoms with Gasteiger partial charge in [0.05, 0.1) is 5.94 Å². The molecule has 0 fully saturated rings. The first kappa shape index (κ1) is 13.6. The number of rotatable bonds is 7. The first-order valence-corrected chi connectivity index (χ1v) is 6.80. The minimum atomic E-state index is 0.414. The average Bonchev–Trinajstić information content (AvgIpc) is 2.30. The van der Waals surface area contributed by atoms with Crippen LogP contribution in [0.1, 0.15) is 32.4 Å². The molecular formula is C13H21NOS. The van der Waals surface area contributed by atoms with Crippen molar-refractivity contribution in [2.75, 3.05) is 19.1 Å². The number of thioether (sulfide) groups is 1. The van der Waals surface area contributed by atoms with Gasteiger partial charge in [-0.25, -0.2) is 0 Å². The summed E-state index contributed by atoms with van der Waals surface area (Å²) in [6.07, 6.45) is 0. The van der Waals surface area contributed by atoms with Gasteiger partial charge in [-0.1, -0.05) is 30.8 Å². The fourth-order valence-corrected chi connectivity index (χ4v) is 2.27. The molecule has 0 aliphatic rings. The van der Waals surface area contributed by atoms with Gasteiger partial charge in [-0.15, -0.1) is 0 Å². The van der Waals surface area contributed by atoms with Gasteiger partial charge in [0.2, 0.25) is 0 Å². The average molecular weight is 239 g/mol. The molecule has 90 valence electrons. The first-order chi connectivity index (χ1) is 7.77. The van der Waals surface area contributed by atoms with E-state index in [2.05, 4.69) is 43.4 Å². The highest BCUT2D eigenvalue weighted by atomic mass is 32.2. The van der Waals surface area contributed by atoms with Gasteiger partial charge in [-0.05, 0) is 38.1 Å². The van der Waals surface area contributed by atoms with Crippen molar-refractivity contribution in [1.82, 2.24) is 5.32 Å². The molecule has 2 nitrogen and oxygen atoms in total. The number of benzene rings is 1. The van der Waals surface area contributed by atoms with Gasteiger partial charge >= 0.3 is 0 Å². The molecule has 1 atom stereocenters. The van der Waals surface area contributed by atoms with E-state index < -0.39 is 0 Å². The second kappa shape index (κ2) is 7.71. The van der Waals surface area contributed by atoms with Crippen molar-refractivity contribution in [2.45, 2.75) is 31.7 Å². The molecule has 1 aromatic carbocycles. The van der Waals surface area contributed by atoms with Gasteiger partial charge in [0.15, 0.2) is 0 Å². The Morgan fingerprint density at radius 2 is 2.19 bits per heavy atom. The predicted molar refractivity (Wildman–Crippen MR) is 70.9 cm³/mol. The standard InChI is InChI=1S/C13H21NOS/c1-4-14-11(3)12-7-6-8-13(9-12)16-10-15-5-2/h6-9,11,14H,4-5,10H2,1-3H3. The quantitative estimate of drug-likeness (QED) is 0.447. The lowest BCUT2D eigenvalue weighted by Crippen LogP contribution is -2.17. The summed E-state index contributed by atoms with van der Waals surface area (Å²) in [6.45, 7) is 8.11. The zero-order valence-electron chi connectivity index (χ0n) is 10.3. The number of hydrogen-bond acceptors (Lipinski definition) is 3. The zero-order valence-corrected chi connectivity index (χ0v) is 11.1. The third-order valence-corrected chi connectivity index (χ3v) is 3.25. The van der Waals surface area contributed by atoms with Gasteiger partial charge in [-0.3, -0.25) is 0 Å². The molecule has 0 amide bonds. The van der Waals surface area contributed by atoms with Crippen LogP contribution in [-0.2, 0) is 4.74 Å². The van der Waals surface area contributed by atoms with Gasteiger partial charge in [0, 0.05) is 17.5 Å². The van der Waals surface area contributed by atoms with Crippen LogP contribution in [0.15, 0.2) is 29.2 Å². The van der Waals surface area contributed by atoms with Crippen LogP contribution in [0.4, 0.5) is 0 Å². The minimum Gasteiger partial charge on any atom is -0.371 e. The largest absolute Gasteiger partial charge is 0.371 e. The maximum Gasteiger partial charge on any atom is 0.0966 e. The van der Waals surface area contributed by atoms with Gasteiger partial charge < -0.3 is 10.1 Å². The topological polar surface area (TPSA) is 21.3 Å². The third-order valence-electron chi connectivity index (χ3n) is 2.38. The Balaban J connectivity index is 2.56. The highest BCUT2D eigenvalue weighted by Gasteiger charge is 2.04. The predicted octanol–water partition coefficient (Wildman–Crippen LogP) is 3.44. The summed E-state index contributed by atoms with van der Waals surface area (Å²) in [7, 11) is 0.